The second-order valence-electron chi connectivity index (χ2n) is 15.2. The van der Waals surface area contributed by atoms with E-state index in [4.69, 9.17) is 39.2 Å². The topological polar surface area (TPSA) is 313 Å². The van der Waals surface area contributed by atoms with Gasteiger partial charge in [0.25, 0.3) is 0 Å². The maximum Gasteiger partial charge on any atom is 0.474 e. The van der Waals surface area contributed by atoms with Crippen LogP contribution in [-0.4, -0.2) is 119 Å². The number of fused-ring (bicyclic) bond motifs is 2. The van der Waals surface area contributed by atoms with Crippen LogP contribution < -0.4 is 11.5 Å². The molecule has 0 aliphatic carbocycles. The molecule has 4 aromatic rings. The number of nitrogens with two attached hydrogens (primary N) is 2. The van der Waals surface area contributed by atoms with Crippen molar-refractivity contribution in [3.05, 3.63) is 48.3 Å². The Morgan fingerprint density at radius 1 is 0.689 bits per heavy atom. The molecular formula is C39H55N10O11P. The highest BCUT2D eigenvalue weighted by Gasteiger charge is 2.59. The van der Waals surface area contributed by atoms with Crippen LogP contribution in [0.15, 0.2) is 36.9 Å². The number of anilines is 2. The summed E-state index contributed by atoms with van der Waals surface area (Å²) in [6.45, 7) is 1.42. The second kappa shape index (κ2) is 20.7. The number of hydrogen-bond acceptors (Lipinski definition) is 19. The highest BCUT2D eigenvalue weighted by Crippen LogP contribution is 2.52. The number of nitriles is 2. The van der Waals surface area contributed by atoms with Crippen molar-refractivity contribution >= 4 is 30.5 Å². The Bertz CT molecular complexity index is 2070. The molecule has 0 spiro atoms. The Morgan fingerprint density at radius 2 is 1.13 bits per heavy atom. The monoisotopic (exact) mass is 870 g/mol. The van der Waals surface area contributed by atoms with Gasteiger partial charge in [0.2, 0.25) is 11.2 Å². The fourth-order valence-electron chi connectivity index (χ4n) is 7.67. The minimum absolute atomic E-state index is 0.0402. The summed E-state index contributed by atoms with van der Waals surface area (Å²) in [5, 5.41) is 73.5. The first-order valence-electron chi connectivity index (χ1n) is 20.6. The number of rotatable bonds is 24. The molecule has 0 unspecified atom stereocenters. The lowest BCUT2D eigenvalue weighted by Crippen LogP contribution is -2.41. The van der Waals surface area contributed by atoms with Crippen molar-refractivity contribution in [1.82, 2.24) is 29.2 Å². The summed E-state index contributed by atoms with van der Waals surface area (Å²) in [5.41, 5.74) is 8.29. The van der Waals surface area contributed by atoms with Crippen LogP contribution in [-0.2, 0) is 43.5 Å². The van der Waals surface area contributed by atoms with E-state index in [2.05, 4.69) is 27.1 Å². The number of aromatic nitrogens is 6. The van der Waals surface area contributed by atoms with E-state index in [9.17, 15) is 35.5 Å². The van der Waals surface area contributed by atoms with Gasteiger partial charge in [0.1, 0.15) is 72.5 Å². The number of ether oxygens (including phenoxy) is 3. The Balaban J connectivity index is 1.09. The molecule has 61 heavy (non-hydrogen) atoms. The molecule has 2 aliphatic heterocycles. The molecule has 21 nitrogen and oxygen atoms in total. The molecule has 2 aliphatic rings. The number of nitrogens with zero attached hydrogens (tertiary/aromatic N) is 8. The second-order valence-corrected chi connectivity index (χ2v) is 16.9. The minimum Gasteiger partial charge on any atom is -0.387 e. The summed E-state index contributed by atoms with van der Waals surface area (Å²) < 4.78 is 51.5. The predicted molar refractivity (Wildman–Crippen MR) is 216 cm³/mol. The first-order chi connectivity index (χ1) is 29.4. The molecule has 0 bridgehead atoms. The largest absolute Gasteiger partial charge is 0.474 e. The Morgan fingerprint density at radius 3 is 1.59 bits per heavy atom. The Hall–Kier alpha value is -4.35. The lowest BCUT2D eigenvalue weighted by Gasteiger charge is -2.25. The van der Waals surface area contributed by atoms with Gasteiger partial charge in [0.05, 0.1) is 31.2 Å². The summed E-state index contributed by atoms with van der Waals surface area (Å²) >= 11 is 0. The van der Waals surface area contributed by atoms with Crippen LogP contribution in [0, 0.1) is 22.7 Å². The van der Waals surface area contributed by atoms with Crippen molar-refractivity contribution in [2.45, 2.75) is 125 Å². The molecule has 6 rings (SSSR count). The molecule has 2 saturated heterocycles. The summed E-state index contributed by atoms with van der Waals surface area (Å²) in [5.74, 6) is 0.191. The third-order valence-corrected chi connectivity index (χ3v) is 12.5. The molecule has 22 heteroatoms. The van der Waals surface area contributed by atoms with Crippen molar-refractivity contribution in [2.24, 2.45) is 0 Å². The number of aliphatic hydroxyl groups is 4. The van der Waals surface area contributed by atoms with E-state index in [1.165, 1.54) is 78.2 Å². The van der Waals surface area contributed by atoms with Crippen LogP contribution in [0.1, 0.15) is 88.9 Å². The Kier molecular flexibility index (Phi) is 15.6. The number of phosphoric ester groups is 1. The van der Waals surface area contributed by atoms with Gasteiger partial charge in [-0.05, 0) is 37.1 Å². The van der Waals surface area contributed by atoms with Crippen molar-refractivity contribution in [2.75, 3.05) is 44.5 Å². The summed E-state index contributed by atoms with van der Waals surface area (Å²) in [6, 6.07) is 9.78. The first-order valence-corrected chi connectivity index (χ1v) is 22.1. The van der Waals surface area contributed by atoms with Gasteiger partial charge in [-0.2, -0.15) is 20.7 Å². The SMILES string of the molecule is CCCCCCCCCCCCOCCCOP(=O)(OC[C@H]1O[C@@](C#N)(c2ccc3c(N)ncnn23)[C@H](O)[C@@H]1O)OC[C@H]1O[C@@](C#N)(c2ccc3c(N)ncnn23)[C@H](O)[C@@H]1O. The van der Waals surface area contributed by atoms with Crippen LogP contribution in [0.5, 0.6) is 0 Å². The van der Waals surface area contributed by atoms with Gasteiger partial charge in [0.15, 0.2) is 11.6 Å². The molecule has 2 fully saturated rings. The molecule has 0 radical (unpaired) electrons. The quantitative estimate of drug-likeness (QED) is 0.0435. The molecule has 6 heterocycles. The molecule has 0 amide bonds. The minimum atomic E-state index is -4.67. The van der Waals surface area contributed by atoms with E-state index in [0.717, 1.165) is 31.9 Å². The molecule has 0 aromatic carbocycles. The Labute approximate surface area is 352 Å². The zero-order chi connectivity index (χ0) is 43.6. The fraction of sp³-hybridized carbons (Fsp3) is 0.641. The third kappa shape index (κ3) is 9.83. The number of aliphatic hydroxyl groups excluding tert-OH is 4. The highest BCUT2D eigenvalue weighted by molar-refractivity contribution is 7.48. The lowest BCUT2D eigenvalue weighted by atomic mass is 9.92. The summed E-state index contributed by atoms with van der Waals surface area (Å²) in [4.78, 5) is 7.85. The van der Waals surface area contributed by atoms with Crippen LogP contribution in [0.4, 0.5) is 11.6 Å². The third-order valence-electron chi connectivity index (χ3n) is 11.1. The lowest BCUT2D eigenvalue weighted by molar-refractivity contribution is -0.0741. The van der Waals surface area contributed by atoms with Crippen molar-refractivity contribution in [3.8, 4) is 12.1 Å². The number of phosphoric acid groups is 1. The van der Waals surface area contributed by atoms with E-state index >= 15 is 0 Å². The van der Waals surface area contributed by atoms with Crippen molar-refractivity contribution in [3.63, 3.8) is 0 Å². The average molecular weight is 871 g/mol. The van der Waals surface area contributed by atoms with Gasteiger partial charge in [-0.25, -0.2) is 23.6 Å². The van der Waals surface area contributed by atoms with Gasteiger partial charge in [-0.15, -0.1) is 0 Å². The van der Waals surface area contributed by atoms with E-state index in [-0.39, 0.29) is 42.7 Å². The van der Waals surface area contributed by atoms with Gasteiger partial charge in [-0.1, -0.05) is 64.7 Å². The van der Waals surface area contributed by atoms with Crippen molar-refractivity contribution in [1.29, 1.82) is 10.5 Å². The molecule has 4 aromatic heterocycles. The smallest absolute Gasteiger partial charge is 0.387 e. The predicted octanol–water partition coefficient (Wildman–Crippen LogP) is 2.80. The molecule has 8 atom stereocenters. The van der Waals surface area contributed by atoms with Gasteiger partial charge >= 0.3 is 7.82 Å². The number of hydrogen-bond donors (Lipinski definition) is 6. The van der Waals surface area contributed by atoms with E-state index in [1.807, 2.05) is 12.1 Å². The van der Waals surface area contributed by atoms with Gasteiger partial charge in [0, 0.05) is 13.2 Å². The van der Waals surface area contributed by atoms with Gasteiger partial charge < -0.3 is 46.1 Å². The zero-order valence-electron chi connectivity index (χ0n) is 34.1. The van der Waals surface area contributed by atoms with Crippen molar-refractivity contribution < 1.29 is 52.8 Å². The fourth-order valence-corrected chi connectivity index (χ4v) is 8.91. The van der Waals surface area contributed by atoms with Gasteiger partial charge in [-0.3, -0.25) is 13.6 Å². The molecule has 332 valence electrons. The zero-order valence-corrected chi connectivity index (χ0v) is 35.0. The maximum atomic E-state index is 14.3. The first kappa shape index (κ1) is 46.2. The van der Waals surface area contributed by atoms with E-state index in [1.54, 1.807) is 0 Å². The molecular weight excluding hydrogens is 815 g/mol. The number of nitrogen functional groups attached to an aromatic ring is 2. The molecule has 0 saturated carbocycles. The van der Waals surface area contributed by atoms with Crippen LogP contribution in [0.25, 0.3) is 11.0 Å². The maximum absolute atomic E-state index is 14.3. The average Bonchev–Trinajstić information content (AvgIpc) is 4.02. The normalized spacial score (nSPS) is 26.6. The van der Waals surface area contributed by atoms with Crippen LogP contribution in [0.2, 0.25) is 0 Å². The van der Waals surface area contributed by atoms with E-state index < -0.39 is 68.9 Å². The standard InChI is InChI=1S/C39H55N10O11P/c1-2-3-4-5-6-7-8-9-10-11-17-55-18-12-19-56-61(54,57-20-28-32(50)34(52)38(22-40,59-28)30-15-13-26-36(42)44-24-46-48(26)30)58-21-29-33(51)35(53)39(23-41,60-29)31-16-14-27-37(43)45-25-47-49(27)31/h13-16,24-25,28-29,32-35,50-53H,2-12,17-21H2,1H3,(H2,42,44,46)(H2,43,45,47)/t28-,29-,32-,33-,34-,35-,38+,39+/m1/s1. The van der Waals surface area contributed by atoms with Crippen LogP contribution in [0.3, 0.4) is 0 Å². The van der Waals surface area contributed by atoms with Crippen LogP contribution >= 0.6 is 7.82 Å². The molecule has 8 N–H and O–H groups in total. The van der Waals surface area contributed by atoms with E-state index in [0.29, 0.717) is 17.6 Å². The summed E-state index contributed by atoms with van der Waals surface area (Å²) in [6.07, 6.45) is 4.50. The summed E-state index contributed by atoms with van der Waals surface area (Å²) in [7, 11) is -4.67. The number of unbranched alkanes of at least 4 members (excludes halogenated alkanes) is 9. The highest BCUT2D eigenvalue weighted by atomic mass is 31.2.